The van der Waals surface area contributed by atoms with Crippen LogP contribution in [0.15, 0.2) is 22.7 Å². The Balaban J connectivity index is 2.24. The first kappa shape index (κ1) is 13.6. The second-order valence-electron chi connectivity index (χ2n) is 5.57. The summed E-state index contributed by atoms with van der Waals surface area (Å²) >= 11 is 3.49. The molecule has 1 aromatic carbocycles. The molecule has 1 saturated carbocycles. The van der Waals surface area contributed by atoms with E-state index in [0.717, 1.165) is 35.0 Å². The third-order valence-corrected chi connectivity index (χ3v) is 3.85. The Bertz CT molecular complexity index is 452. The molecule has 0 spiro atoms. The van der Waals surface area contributed by atoms with E-state index >= 15 is 0 Å². The molecule has 0 N–H and O–H groups in total. The van der Waals surface area contributed by atoms with Gasteiger partial charge in [-0.15, -0.1) is 0 Å². The molecule has 2 nitrogen and oxygen atoms in total. The van der Waals surface area contributed by atoms with Crippen molar-refractivity contribution in [1.29, 1.82) is 0 Å². The maximum absolute atomic E-state index is 12.6. The van der Waals surface area contributed by atoms with Gasteiger partial charge in [-0.05, 0) is 53.7 Å². The fourth-order valence-electron chi connectivity index (χ4n) is 2.14. The molecular weight excluding hydrogens is 290 g/mol. The van der Waals surface area contributed by atoms with Gasteiger partial charge in [0, 0.05) is 17.1 Å². The van der Waals surface area contributed by atoms with Crippen LogP contribution in [0.1, 0.15) is 42.6 Å². The van der Waals surface area contributed by atoms with Crippen molar-refractivity contribution in [3.63, 3.8) is 0 Å². The highest BCUT2D eigenvalue weighted by atomic mass is 79.9. The maximum atomic E-state index is 12.6. The molecule has 18 heavy (non-hydrogen) atoms. The average Bonchev–Trinajstić information content (AvgIpc) is 3.12. The van der Waals surface area contributed by atoms with Crippen LogP contribution >= 0.6 is 15.9 Å². The lowest BCUT2D eigenvalue weighted by Crippen LogP contribution is -2.36. The minimum atomic E-state index is 0.168. The number of benzene rings is 1. The van der Waals surface area contributed by atoms with E-state index < -0.39 is 0 Å². The van der Waals surface area contributed by atoms with Crippen molar-refractivity contribution in [2.45, 2.75) is 39.7 Å². The monoisotopic (exact) mass is 309 g/mol. The van der Waals surface area contributed by atoms with Gasteiger partial charge in [-0.3, -0.25) is 4.79 Å². The number of halogens is 1. The highest BCUT2D eigenvalue weighted by molar-refractivity contribution is 9.10. The molecule has 0 atom stereocenters. The summed E-state index contributed by atoms with van der Waals surface area (Å²) in [5, 5.41) is 0. The molecule has 2 rings (SSSR count). The predicted octanol–water partition coefficient (Wildman–Crippen LogP) is 4.02. The van der Waals surface area contributed by atoms with Gasteiger partial charge in [0.25, 0.3) is 5.91 Å². The van der Waals surface area contributed by atoms with Gasteiger partial charge in [-0.1, -0.05) is 25.5 Å². The highest BCUT2D eigenvalue weighted by Crippen LogP contribution is 2.30. The topological polar surface area (TPSA) is 20.3 Å². The van der Waals surface area contributed by atoms with Gasteiger partial charge in [-0.2, -0.15) is 0 Å². The van der Waals surface area contributed by atoms with Crippen LogP contribution in [0, 0.1) is 12.8 Å². The van der Waals surface area contributed by atoms with E-state index in [1.165, 1.54) is 0 Å². The lowest BCUT2D eigenvalue weighted by atomic mass is 10.1. The Morgan fingerprint density at radius 2 is 2.11 bits per heavy atom. The van der Waals surface area contributed by atoms with Crippen molar-refractivity contribution < 1.29 is 4.79 Å². The highest BCUT2D eigenvalue weighted by Gasteiger charge is 2.33. The van der Waals surface area contributed by atoms with Crippen LogP contribution in [0.25, 0.3) is 0 Å². The Labute approximate surface area is 117 Å². The zero-order valence-electron chi connectivity index (χ0n) is 11.2. The number of nitrogens with zero attached hydrogens (tertiary/aromatic N) is 1. The number of amides is 1. The Morgan fingerprint density at radius 3 is 2.67 bits per heavy atom. The quantitative estimate of drug-likeness (QED) is 0.822. The SMILES string of the molecule is Cc1ccc(Br)c(C(=O)N(CC(C)C)C2CC2)c1. The van der Waals surface area contributed by atoms with Crippen LogP contribution in [0.3, 0.4) is 0 Å². The Morgan fingerprint density at radius 1 is 1.44 bits per heavy atom. The second-order valence-corrected chi connectivity index (χ2v) is 6.42. The van der Waals surface area contributed by atoms with Gasteiger partial charge < -0.3 is 4.90 Å². The summed E-state index contributed by atoms with van der Waals surface area (Å²) in [5.41, 5.74) is 1.92. The standard InChI is InChI=1S/C15H20BrNO/c1-10(2)9-17(12-5-6-12)15(18)13-8-11(3)4-7-14(13)16/h4,7-8,10,12H,5-6,9H2,1-3H3. The van der Waals surface area contributed by atoms with E-state index in [1.54, 1.807) is 0 Å². The van der Waals surface area contributed by atoms with Crippen LogP contribution in [0.4, 0.5) is 0 Å². The van der Waals surface area contributed by atoms with Crippen molar-refractivity contribution >= 4 is 21.8 Å². The van der Waals surface area contributed by atoms with Crippen LogP contribution < -0.4 is 0 Å². The van der Waals surface area contributed by atoms with Gasteiger partial charge in [0.15, 0.2) is 0 Å². The largest absolute Gasteiger partial charge is 0.335 e. The van der Waals surface area contributed by atoms with Crippen LogP contribution in [0.5, 0.6) is 0 Å². The van der Waals surface area contributed by atoms with Gasteiger partial charge in [0.1, 0.15) is 0 Å². The van der Waals surface area contributed by atoms with E-state index in [1.807, 2.05) is 30.0 Å². The summed E-state index contributed by atoms with van der Waals surface area (Å²) in [5.74, 6) is 0.680. The number of hydrogen-bond donors (Lipinski definition) is 0. The zero-order chi connectivity index (χ0) is 13.3. The van der Waals surface area contributed by atoms with Crippen molar-refractivity contribution in [3.8, 4) is 0 Å². The summed E-state index contributed by atoms with van der Waals surface area (Å²) in [4.78, 5) is 14.7. The number of rotatable bonds is 4. The molecule has 0 bridgehead atoms. The summed E-state index contributed by atoms with van der Waals surface area (Å²) < 4.78 is 0.896. The Hall–Kier alpha value is -0.830. The van der Waals surface area contributed by atoms with E-state index in [9.17, 15) is 4.79 Å². The summed E-state index contributed by atoms with van der Waals surface area (Å²) in [6.07, 6.45) is 2.31. The first-order valence-corrected chi connectivity index (χ1v) is 7.35. The number of carbonyl (C=O) groups is 1. The van der Waals surface area contributed by atoms with Gasteiger partial charge in [0.2, 0.25) is 0 Å². The van der Waals surface area contributed by atoms with Crippen molar-refractivity contribution in [3.05, 3.63) is 33.8 Å². The van der Waals surface area contributed by atoms with Crippen LogP contribution in [-0.4, -0.2) is 23.4 Å². The Kier molecular flexibility index (Phi) is 4.10. The predicted molar refractivity (Wildman–Crippen MR) is 77.8 cm³/mol. The van der Waals surface area contributed by atoms with Crippen molar-refractivity contribution in [1.82, 2.24) is 4.90 Å². The first-order valence-electron chi connectivity index (χ1n) is 6.56. The van der Waals surface area contributed by atoms with Gasteiger partial charge in [0.05, 0.1) is 5.56 Å². The van der Waals surface area contributed by atoms with Gasteiger partial charge in [-0.25, -0.2) is 0 Å². The molecule has 1 amide bonds. The molecule has 1 fully saturated rings. The fourth-order valence-corrected chi connectivity index (χ4v) is 2.55. The minimum absolute atomic E-state index is 0.168. The zero-order valence-corrected chi connectivity index (χ0v) is 12.8. The molecule has 0 aromatic heterocycles. The molecule has 0 saturated heterocycles. The molecule has 1 aromatic rings. The van der Waals surface area contributed by atoms with E-state index in [2.05, 4.69) is 29.8 Å². The molecule has 0 aliphatic heterocycles. The van der Waals surface area contributed by atoms with Crippen molar-refractivity contribution in [2.24, 2.45) is 5.92 Å². The van der Waals surface area contributed by atoms with Crippen molar-refractivity contribution in [2.75, 3.05) is 6.54 Å². The minimum Gasteiger partial charge on any atom is -0.335 e. The summed E-state index contributed by atoms with van der Waals surface area (Å²) in [6.45, 7) is 7.19. The average molecular weight is 310 g/mol. The molecular formula is C15H20BrNO. The normalized spacial score (nSPS) is 14.9. The molecule has 98 valence electrons. The summed E-state index contributed by atoms with van der Waals surface area (Å²) in [7, 11) is 0. The lowest BCUT2D eigenvalue weighted by Gasteiger charge is -2.25. The van der Waals surface area contributed by atoms with E-state index in [4.69, 9.17) is 0 Å². The molecule has 0 radical (unpaired) electrons. The third-order valence-electron chi connectivity index (χ3n) is 3.16. The maximum Gasteiger partial charge on any atom is 0.255 e. The second kappa shape index (κ2) is 5.43. The molecule has 3 heteroatoms. The number of carbonyl (C=O) groups excluding carboxylic acids is 1. The van der Waals surface area contributed by atoms with Gasteiger partial charge >= 0.3 is 0 Å². The molecule has 1 aliphatic rings. The first-order chi connectivity index (χ1) is 8.49. The molecule has 0 heterocycles. The van der Waals surface area contributed by atoms with E-state index in [0.29, 0.717) is 12.0 Å². The smallest absolute Gasteiger partial charge is 0.255 e. The van der Waals surface area contributed by atoms with Crippen LogP contribution in [-0.2, 0) is 0 Å². The summed E-state index contributed by atoms with van der Waals surface area (Å²) in [6, 6.07) is 6.42. The number of aryl methyl sites for hydroxylation is 1. The molecule has 1 aliphatic carbocycles. The lowest BCUT2D eigenvalue weighted by molar-refractivity contribution is 0.0721. The number of hydrogen-bond acceptors (Lipinski definition) is 1. The molecule has 0 unspecified atom stereocenters. The van der Waals surface area contributed by atoms with E-state index in [-0.39, 0.29) is 5.91 Å². The third kappa shape index (κ3) is 3.14. The van der Waals surface area contributed by atoms with Crippen LogP contribution in [0.2, 0.25) is 0 Å². The fraction of sp³-hybridized carbons (Fsp3) is 0.533.